The number of fused-ring (bicyclic) bond motifs is 5. The molecular formula is C29H29N5O4S2. The van der Waals surface area contributed by atoms with Crippen LogP contribution in [0.4, 0.5) is 5.69 Å². The van der Waals surface area contributed by atoms with E-state index in [-0.39, 0.29) is 22.8 Å². The maximum Gasteiger partial charge on any atom is 0.263 e. The van der Waals surface area contributed by atoms with Crippen LogP contribution in [-0.2, 0) is 35.5 Å². The zero-order valence-corrected chi connectivity index (χ0v) is 24.1. The fraction of sp³-hybridized carbons (Fsp3) is 0.310. The number of carbonyl (C=O) groups excluding carboxylic acids is 1. The van der Waals surface area contributed by atoms with Gasteiger partial charge >= 0.3 is 0 Å². The van der Waals surface area contributed by atoms with Crippen molar-refractivity contribution >= 4 is 50.7 Å². The van der Waals surface area contributed by atoms with Crippen molar-refractivity contribution in [2.24, 2.45) is 0 Å². The molecule has 1 N–H and O–H groups in total. The monoisotopic (exact) mass is 575 g/mol. The van der Waals surface area contributed by atoms with E-state index in [0.29, 0.717) is 53.8 Å². The number of rotatable bonds is 8. The molecule has 0 fully saturated rings. The Morgan fingerprint density at radius 2 is 1.93 bits per heavy atom. The highest BCUT2D eigenvalue weighted by atomic mass is 32.2. The van der Waals surface area contributed by atoms with Gasteiger partial charge in [-0.05, 0) is 43.5 Å². The van der Waals surface area contributed by atoms with Crippen LogP contribution in [0.1, 0.15) is 29.9 Å². The Morgan fingerprint density at radius 1 is 1.15 bits per heavy atom. The van der Waals surface area contributed by atoms with Gasteiger partial charge in [-0.2, -0.15) is 0 Å². The summed E-state index contributed by atoms with van der Waals surface area (Å²) in [7, 11) is 1.57. The van der Waals surface area contributed by atoms with E-state index in [1.54, 1.807) is 35.1 Å². The molecule has 40 heavy (non-hydrogen) atoms. The number of hydrogen-bond donors (Lipinski definition) is 1. The number of methoxy groups -OCH3 is 1. The molecule has 6 rings (SSSR count). The molecule has 1 aliphatic rings. The first-order valence-electron chi connectivity index (χ1n) is 13.0. The van der Waals surface area contributed by atoms with Crippen LogP contribution >= 0.6 is 23.1 Å². The Balaban J connectivity index is 1.39. The van der Waals surface area contributed by atoms with Crippen LogP contribution in [0.5, 0.6) is 5.75 Å². The number of nitrogens with zero attached hydrogens (tertiary/aromatic N) is 4. The van der Waals surface area contributed by atoms with Crippen molar-refractivity contribution in [3.05, 3.63) is 81.0 Å². The Morgan fingerprint density at radius 3 is 2.73 bits per heavy atom. The topological polar surface area (TPSA) is 99.7 Å². The highest BCUT2D eigenvalue weighted by Gasteiger charge is 2.32. The number of anilines is 1. The van der Waals surface area contributed by atoms with Crippen LogP contribution in [0.25, 0.3) is 16.0 Å². The Labute approximate surface area is 239 Å². The molecule has 0 unspecified atom stereocenters. The van der Waals surface area contributed by atoms with E-state index in [1.807, 2.05) is 48.6 Å². The fourth-order valence-electron chi connectivity index (χ4n) is 5.00. The molecule has 206 valence electrons. The summed E-state index contributed by atoms with van der Waals surface area (Å²) in [5, 5.41) is 13.0. The number of amides is 1. The van der Waals surface area contributed by atoms with Crippen LogP contribution in [0, 0.1) is 0 Å². The molecule has 1 aliphatic heterocycles. The Hall–Kier alpha value is -3.67. The molecule has 2 aromatic carbocycles. The zero-order chi connectivity index (χ0) is 27.9. The summed E-state index contributed by atoms with van der Waals surface area (Å²) >= 11 is 2.83. The SMILES string of the molecule is COc1ccccc1NC(=O)CSc1nnc2n(CCc3ccccc3)c(=O)c3c4c(sc3n12)COC(C)(C)C4. The summed E-state index contributed by atoms with van der Waals surface area (Å²) in [6, 6.07) is 17.4. The smallest absolute Gasteiger partial charge is 0.263 e. The van der Waals surface area contributed by atoms with Crippen molar-refractivity contribution < 1.29 is 14.3 Å². The van der Waals surface area contributed by atoms with Gasteiger partial charge in [-0.3, -0.25) is 14.2 Å². The highest BCUT2D eigenvalue weighted by Crippen LogP contribution is 2.38. The predicted octanol–water partition coefficient (Wildman–Crippen LogP) is 4.94. The maximum atomic E-state index is 14.0. The molecule has 0 atom stereocenters. The molecule has 11 heteroatoms. The molecule has 4 heterocycles. The third kappa shape index (κ3) is 5.00. The molecule has 0 bridgehead atoms. The molecular weight excluding hydrogens is 546 g/mol. The minimum absolute atomic E-state index is 0.0634. The molecule has 0 radical (unpaired) electrons. The third-order valence-electron chi connectivity index (χ3n) is 6.97. The van der Waals surface area contributed by atoms with Crippen LogP contribution in [0.15, 0.2) is 64.5 Å². The summed E-state index contributed by atoms with van der Waals surface area (Å²) in [4.78, 5) is 28.7. The quantitative estimate of drug-likeness (QED) is 0.262. The number of thioether (sulfide) groups is 1. The van der Waals surface area contributed by atoms with Crippen LogP contribution in [0.3, 0.4) is 0 Å². The molecule has 0 saturated carbocycles. The number of aryl methyl sites for hydroxylation is 2. The van der Waals surface area contributed by atoms with Crippen molar-refractivity contribution in [2.45, 2.75) is 50.6 Å². The lowest BCUT2D eigenvalue weighted by molar-refractivity contribution is -0.113. The number of aromatic nitrogens is 4. The minimum Gasteiger partial charge on any atom is -0.495 e. The lowest BCUT2D eigenvalue weighted by Gasteiger charge is -2.29. The molecule has 9 nitrogen and oxygen atoms in total. The van der Waals surface area contributed by atoms with Crippen LogP contribution in [0.2, 0.25) is 0 Å². The van der Waals surface area contributed by atoms with Crippen molar-refractivity contribution in [3.8, 4) is 5.75 Å². The Kier molecular flexibility index (Phi) is 7.11. The minimum atomic E-state index is -0.362. The van der Waals surface area contributed by atoms with E-state index < -0.39 is 0 Å². The molecule has 1 amide bonds. The molecule has 0 aliphatic carbocycles. The number of benzene rings is 2. The number of para-hydroxylation sites is 2. The van der Waals surface area contributed by atoms with Gasteiger partial charge in [-0.1, -0.05) is 54.2 Å². The van der Waals surface area contributed by atoms with E-state index in [1.165, 1.54) is 11.8 Å². The van der Waals surface area contributed by atoms with E-state index in [9.17, 15) is 9.59 Å². The van der Waals surface area contributed by atoms with Gasteiger partial charge in [0.2, 0.25) is 11.7 Å². The van der Waals surface area contributed by atoms with Gasteiger partial charge in [-0.25, -0.2) is 4.40 Å². The van der Waals surface area contributed by atoms with Gasteiger partial charge in [-0.15, -0.1) is 21.5 Å². The first-order chi connectivity index (χ1) is 19.3. The number of thiophene rings is 1. The highest BCUT2D eigenvalue weighted by molar-refractivity contribution is 7.99. The van der Waals surface area contributed by atoms with Gasteiger partial charge in [0.25, 0.3) is 5.56 Å². The van der Waals surface area contributed by atoms with Crippen molar-refractivity contribution in [3.63, 3.8) is 0 Å². The zero-order valence-electron chi connectivity index (χ0n) is 22.5. The van der Waals surface area contributed by atoms with E-state index >= 15 is 0 Å². The van der Waals surface area contributed by atoms with E-state index in [0.717, 1.165) is 20.8 Å². The molecule has 0 spiro atoms. The van der Waals surface area contributed by atoms with Crippen molar-refractivity contribution in [1.82, 2.24) is 19.2 Å². The summed E-state index contributed by atoms with van der Waals surface area (Å²) in [6.45, 7) is 5.01. The summed E-state index contributed by atoms with van der Waals surface area (Å²) < 4.78 is 15.1. The number of ether oxygens (including phenoxy) is 2. The van der Waals surface area contributed by atoms with E-state index in [4.69, 9.17) is 9.47 Å². The average molecular weight is 576 g/mol. The predicted molar refractivity (Wildman–Crippen MR) is 158 cm³/mol. The molecule has 0 saturated heterocycles. The average Bonchev–Trinajstić information content (AvgIpc) is 3.53. The summed E-state index contributed by atoms with van der Waals surface area (Å²) in [5.41, 5.74) is 2.35. The third-order valence-corrected chi connectivity index (χ3v) is 9.09. The van der Waals surface area contributed by atoms with Gasteiger partial charge in [0.05, 0.1) is 36.1 Å². The normalized spacial score (nSPS) is 14.4. The summed E-state index contributed by atoms with van der Waals surface area (Å²) in [6.07, 6.45) is 1.33. The molecule has 3 aromatic heterocycles. The van der Waals surface area contributed by atoms with Gasteiger partial charge < -0.3 is 14.8 Å². The van der Waals surface area contributed by atoms with Crippen molar-refractivity contribution in [2.75, 3.05) is 18.2 Å². The van der Waals surface area contributed by atoms with Crippen molar-refractivity contribution in [1.29, 1.82) is 0 Å². The first kappa shape index (κ1) is 26.5. The lowest BCUT2D eigenvalue weighted by atomic mass is 9.94. The number of hydrogen-bond acceptors (Lipinski definition) is 8. The van der Waals surface area contributed by atoms with Gasteiger partial charge in [0.15, 0.2) is 5.16 Å². The van der Waals surface area contributed by atoms with Gasteiger partial charge in [0, 0.05) is 17.8 Å². The first-order valence-corrected chi connectivity index (χ1v) is 14.8. The standard InChI is InChI=1S/C29H29N5O4S2/c1-29(2)15-19-22(16-38-29)40-26-24(19)25(36)33(14-13-18-9-5-4-6-10-18)27-31-32-28(34(26)27)39-17-23(35)30-20-11-7-8-12-21(20)37-3/h4-12H,13-17H2,1-3H3,(H,30,35). The summed E-state index contributed by atoms with van der Waals surface area (Å²) in [5.74, 6) is 0.984. The lowest BCUT2D eigenvalue weighted by Crippen LogP contribution is -2.32. The van der Waals surface area contributed by atoms with Gasteiger partial charge in [0.1, 0.15) is 10.6 Å². The second-order valence-corrected chi connectivity index (χ2v) is 12.3. The second-order valence-electron chi connectivity index (χ2n) is 10.3. The van der Waals surface area contributed by atoms with E-state index in [2.05, 4.69) is 27.6 Å². The molecule has 5 aromatic rings. The maximum absolute atomic E-state index is 14.0. The number of nitrogens with one attached hydrogen (secondary N) is 1. The second kappa shape index (κ2) is 10.7. The fourth-order valence-corrected chi connectivity index (χ4v) is 7.01. The van der Waals surface area contributed by atoms with Crippen LogP contribution in [-0.4, -0.2) is 43.5 Å². The number of carbonyl (C=O) groups is 1. The van der Waals surface area contributed by atoms with Crippen LogP contribution < -0.4 is 15.6 Å². The largest absolute Gasteiger partial charge is 0.495 e. The Bertz CT molecular complexity index is 1770.